The maximum absolute atomic E-state index is 11.6. The van der Waals surface area contributed by atoms with E-state index in [2.05, 4.69) is 17.4 Å². The van der Waals surface area contributed by atoms with Gasteiger partial charge in [0.1, 0.15) is 9.84 Å². The van der Waals surface area contributed by atoms with Crippen LogP contribution in [0.2, 0.25) is 5.02 Å². The molecule has 1 N–H and O–H groups in total. The molecule has 1 aromatic carbocycles. The van der Waals surface area contributed by atoms with E-state index in [0.717, 1.165) is 24.4 Å². The molecule has 1 saturated carbocycles. The van der Waals surface area contributed by atoms with Crippen molar-refractivity contribution in [3.8, 4) is 0 Å². The van der Waals surface area contributed by atoms with Gasteiger partial charge in [0, 0.05) is 23.4 Å². The number of nitrogens with one attached hydrogen (secondary N) is 1. The highest BCUT2D eigenvalue weighted by Crippen LogP contribution is 2.25. The van der Waals surface area contributed by atoms with Gasteiger partial charge < -0.3 is 5.32 Å². The average molecular weight is 330 g/mol. The van der Waals surface area contributed by atoms with Crippen LogP contribution in [0.15, 0.2) is 24.3 Å². The van der Waals surface area contributed by atoms with Crippen LogP contribution >= 0.6 is 11.6 Å². The Morgan fingerprint density at radius 1 is 1.29 bits per heavy atom. The molecule has 0 aliphatic heterocycles. The highest BCUT2D eigenvalue weighted by atomic mass is 35.5. The molecule has 1 aliphatic rings. The second-order valence-electron chi connectivity index (χ2n) is 5.81. The van der Waals surface area contributed by atoms with E-state index in [9.17, 15) is 8.42 Å². The van der Waals surface area contributed by atoms with Crippen LogP contribution in [0.1, 0.15) is 44.1 Å². The van der Waals surface area contributed by atoms with Crippen molar-refractivity contribution < 1.29 is 8.42 Å². The van der Waals surface area contributed by atoms with Crippen molar-refractivity contribution >= 4 is 21.4 Å². The standard InChI is InChI=1S/C16H24ClNO2S/c1-2-21(19,20)11-3-4-14(12-18-16-9-10-16)13-5-7-15(17)8-6-13/h5-8,14,16,18H,2-4,9-12H2,1H3. The molecule has 21 heavy (non-hydrogen) atoms. The summed E-state index contributed by atoms with van der Waals surface area (Å²) in [6.45, 7) is 2.62. The van der Waals surface area contributed by atoms with Crippen LogP contribution in [-0.2, 0) is 9.84 Å². The lowest BCUT2D eigenvalue weighted by Crippen LogP contribution is -2.24. The molecule has 0 radical (unpaired) electrons. The Hall–Kier alpha value is -0.580. The van der Waals surface area contributed by atoms with E-state index in [4.69, 9.17) is 11.6 Å². The second kappa shape index (κ2) is 7.61. The summed E-state index contributed by atoms with van der Waals surface area (Å²) in [7, 11) is -2.86. The maximum atomic E-state index is 11.6. The lowest BCUT2D eigenvalue weighted by Gasteiger charge is -2.18. The molecule has 0 amide bonds. The summed E-state index contributed by atoms with van der Waals surface area (Å²) < 4.78 is 23.2. The number of hydrogen-bond acceptors (Lipinski definition) is 3. The Morgan fingerprint density at radius 3 is 2.52 bits per heavy atom. The Bertz CT molecular complexity index is 538. The molecule has 0 spiro atoms. The molecular weight excluding hydrogens is 306 g/mol. The largest absolute Gasteiger partial charge is 0.313 e. The zero-order valence-corrected chi connectivity index (χ0v) is 14.1. The molecule has 1 aromatic rings. The van der Waals surface area contributed by atoms with Gasteiger partial charge >= 0.3 is 0 Å². The second-order valence-corrected chi connectivity index (χ2v) is 8.72. The SMILES string of the molecule is CCS(=O)(=O)CCCC(CNC1CC1)c1ccc(Cl)cc1. The maximum Gasteiger partial charge on any atom is 0.150 e. The molecule has 1 fully saturated rings. The number of rotatable bonds is 9. The summed E-state index contributed by atoms with van der Waals surface area (Å²) in [6.07, 6.45) is 4.13. The first kappa shape index (κ1) is 16.8. The van der Waals surface area contributed by atoms with Crippen LogP contribution in [0.3, 0.4) is 0 Å². The van der Waals surface area contributed by atoms with E-state index in [1.54, 1.807) is 6.92 Å². The van der Waals surface area contributed by atoms with Crippen molar-refractivity contribution in [3.05, 3.63) is 34.9 Å². The molecule has 5 heteroatoms. The van der Waals surface area contributed by atoms with Crippen molar-refractivity contribution in [3.63, 3.8) is 0 Å². The van der Waals surface area contributed by atoms with Crippen molar-refractivity contribution in [2.75, 3.05) is 18.1 Å². The predicted molar refractivity (Wildman–Crippen MR) is 88.8 cm³/mol. The zero-order valence-electron chi connectivity index (χ0n) is 12.5. The minimum absolute atomic E-state index is 0.235. The summed E-state index contributed by atoms with van der Waals surface area (Å²) >= 11 is 5.94. The van der Waals surface area contributed by atoms with E-state index in [1.165, 1.54) is 18.4 Å². The van der Waals surface area contributed by atoms with Crippen LogP contribution in [-0.4, -0.2) is 32.5 Å². The minimum atomic E-state index is -2.86. The van der Waals surface area contributed by atoms with E-state index >= 15 is 0 Å². The fraction of sp³-hybridized carbons (Fsp3) is 0.625. The number of halogens is 1. The van der Waals surface area contributed by atoms with Gasteiger partial charge in [0.25, 0.3) is 0 Å². The molecule has 1 unspecified atom stereocenters. The molecular formula is C16H24ClNO2S. The molecule has 1 aliphatic carbocycles. The third-order valence-electron chi connectivity index (χ3n) is 4.02. The Balaban J connectivity index is 1.92. The first-order chi connectivity index (χ1) is 10.00. The number of benzene rings is 1. The molecule has 0 saturated heterocycles. The first-order valence-corrected chi connectivity index (χ1v) is 9.89. The van der Waals surface area contributed by atoms with Crippen molar-refractivity contribution in [1.82, 2.24) is 5.32 Å². The van der Waals surface area contributed by atoms with Gasteiger partial charge in [0.2, 0.25) is 0 Å². The lowest BCUT2D eigenvalue weighted by atomic mass is 9.94. The summed E-state index contributed by atoms with van der Waals surface area (Å²) in [6, 6.07) is 8.58. The van der Waals surface area contributed by atoms with E-state index in [0.29, 0.717) is 12.0 Å². The van der Waals surface area contributed by atoms with E-state index in [-0.39, 0.29) is 11.5 Å². The van der Waals surface area contributed by atoms with Gasteiger partial charge in [-0.05, 0) is 49.3 Å². The van der Waals surface area contributed by atoms with Crippen LogP contribution in [0.4, 0.5) is 0 Å². The van der Waals surface area contributed by atoms with Crippen LogP contribution in [0.25, 0.3) is 0 Å². The average Bonchev–Trinajstić information content (AvgIpc) is 3.28. The molecule has 3 nitrogen and oxygen atoms in total. The monoisotopic (exact) mass is 329 g/mol. The quantitative estimate of drug-likeness (QED) is 0.755. The molecule has 0 bridgehead atoms. The molecule has 1 atom stereocenters. The highest BCUT2D eigenvalue weighted by molar-refractivity contribution is 7.91. The van der Waals surface area contributed by atoms with Crippen LogP contribution < -0.4 is 5.32 Å². The molecule has 2 rings (SSSR count). The van der Waals surface area contributed by atoms with Gasteiger partial charge in [-0.15, -0.1) is 0 Å². The minimum Gasteiger partial charge on any atom is -0.313 e. The fourth-order valence-electron chi connectivity index (χ4n) is 2.41. The normalized spacial score (nSPS) is 16.9. The summed E-state index contributed by atoms with van der Waals surface area (Å²) in [4.78, 5) is 0. The molecule has 118 valence electrons. The van der Waals surface area contributed by atoms with Gasteiger partial charge in [-0.2, -0.15) is 0 Å². The van der Waals surface area contributed by atoms with Gasteiger partial charge in [0.15, 0.2) is 0 Å². The Labute approximate surface area is 133 Å². The van der Waals surface area contributed by atoms with Crippen LogP contribution in [0, 0.1) is 0 Å². The van der Waals surface area contributed by atoms with Crippen molar-refractivity contribution in [2.45, 2.75) is 44.6 Å². The van der Waals surface area contributed by atoms with Gasteiger partial charge in [-0.25, -0.2) is 8.42 Å². The molecule has 0 aromatic heterocycles. The summed E-state index contributed by atoms with van der Waals surface area (Å²) in [5, 5.41) is 4.29. The Morgan fingerprint density at radius 2 is 1.95 bits per heavy atom. The summed E-state index contributed by atoms with van der Waals surface area (Å²) in [5.74, 6) is 0.880. The fourth-order valence-corrected chi connectivity index (χ4v) is 3.43. The van der Waals surface area contributed by atoms with Gasteiger partial charge in [-0.1, -0.05) is 30.7 Å². The highest BCUT2D eigenvalue weighted by Gasteiger charge is 2.22. The Kier molecular flexibility index (Phi) is 6.08. The number of sulfone groups is 1. The number of hydrogen-bond donors (Lipinski definition) is 1. The third-order valence-corrected chi connectivity index (χ3v) is 6.06. The van der Waals surface area contributed by atoms with Crippen molar-refractivity contribution in [1.29, 1.82) is 0 Å². The molecule has 0 heterocycles. The predicted octanol–water partition coefficient (Wildman–Crippen LogP) is 3.39. The third kappa shape index (κ3) is 5.97. The van der Waals surface area contributed by atoms with Crippen molar-refractivity contribution in [2.24, 2.45) is 0 Å². The summed E-state index contributed by atoms with van der Waals surface area (Å²) in [5.41, 5.74) is 1.24. The van der Waals surface area contributed by atoms with Gasteiger partial charge in [-0.3, -0.25) is 0 Å². The van der Waals surface area contributed by atoms with E-state index in [1.807, 2.05) is 12.1 Å². The topological polar surface area (TPSA) is 46.2 Å². The first-order valence-electron chi connectivity index (χ1n) is 7.69. The van der Waals surface area contributed by atoms with E-state index < -0.39 is 9.84 Å². The van der Waals surface area contributed by atoms with Gasteiger partial charge in [0.05, 0.1) is 5.75 Å². The van der Waals surface area contributed by atoms with Crippen LogP contribution in [0.5, 0.6) is 0 Å². The lowest BCUT2D eigenvalue weighted by molar-refractivity contribution is 0.537. The zero-order chi connectivity index (χ0) is 15.3. The smallest absolute Gasteiger partial charge is 0.150 e.